The number of benzene rings is 1. The Labute approximate surface area is 82.6 Å². The molecule has 0 radical (unpaired) electrons. The Morgan fingerprint density at radius 1 is 1.36 bits per heavy atom. The first-order valence-electron chi connectivity index (χ1n) is 4.67. The van der Waals surface area contributed by atoms with Crippen LogP contribution in [0.3, 0.4) is 0 Å². The lowest BCUT2D eigenvalue weighted by molar-refractivity contribution is 0.342. The maximum Gasteiger partial charge on any atom is 0.305 e. The standard InChI is InChI=1S/C11H11FN2/c1-13-11(7-4-8-11)14-10-6-3-2-5-9(10)12/h2-3,5-6,14H,4,7-8H2. The Morgan fingerprint density at radius 3 is 2.57 bits per heavy atom. The normalized spacial score (nSPS) is 18.0. The van der Waals surface area contributed by atoms with E-state index < -0.39 is 5.66 Å². The van der Waals surface area contributed by atoms with Crippen LogP contribution in [0.5, 0.6) is 0 Å². The lowest BCUT2D eigenvalue weighted by atomic mass is 9.85. The van der Waals surface area contributed by atoms with E-state index in [1.54, 1.807) is 18.2 Å². The Balaban J connectivity index is 2.19. The molecule has 1 aromatic carbocycles. The van der Waals surface area contributed by atoms with Crippen LogP contribution in [0.1, 0.15) is 19.3 Å². The molecule has 0 spiro atoms. The highest BCUT2D eigenvalue weighted by Gasteiger charge is 2.44. The fourth-order valence-electron chi connectivity index (χ4n) is 1.59. The van der Waals surface area contributed by atoms with E-state index in [1.807, 2.05) is 0 Å². The molecule has 0 atom stereocenters. The molecular formula is C11H11FN2. The van der Waals surface area contributed by atoms with Crippen molar-refractivity contribution in [3.8, 4) is 0 Å². The fraction of sp³-hybridized carbons (Fsp3) is 0.364. The second-order valence-corrected chi connectivity index (χ2v) is 3.60. The van der Waals surface area contributed by atoms with Gasteiger partial charge in [0.1, 0.15) is 5.82 Å². The van der Waals surface area contributed by atoms with Crippen LogP contribution in [0, 0.1) is 12.4 Å². The topological polar surface area (TPSA) is 16.4 Å². The van der Waals surface area contributed by atoms with Crippen molar-refractivity contribution in [2.75, 3.05) is 5.32 Å². The summed E-state index contributed by atoms with van der Waals surface area (Å²) in [5.41, 5.74) is -0.106. The van der Waals surface area contributed by atoms with Crippen molar-refractivity contribution in [3.63, 3.8) is 0 Å². The van der Waals surface area contributed by atoms with Gasteiger partial charge in [0, 0.05) is 12.8 Å². The summed E-state index contributed by atoms with van der Waals surface area (Å²) >= 11 is 0. The summed E-state index contributed by atoms with van der Waals surface area (Å²) in [6, 6.07) is 6.48. The van der Waals surface area contributed by atoms with Crippen molar-refractivity contribution >= 4 is 5.69 Å². The molecule has 1 aliphatic carbocycles. The minimum absolute atomic E-state index is 0.289. The second-order valence-electron chi connectivity index (χ2n) is 3.60. The van der Waals surface area contributed by atoms with Crippen molar-refractivity contribution < 1.29 is 4.39 Å². The average molecular weight is 190 g/mol. The number of rotatable bonds is 2. The van der Waals surface area contributed by atoms with E-state index in [1.165, 1.54) is 6.07 Å². The molecule has 1 N–H and O–H groups in total. The van der Waals surface area contributed by atoms with Gasteiger partial charge in [0.2, 0.25) is 0 Å². The van der Waals surface area contributed by atoms with Crippen molar-refractivity contribution in [2.45, 2.75) is 24.9 Å². The van der Waals surface area contributed by atoms with Crippen LogP contribution in [0.4, 0.5) is 10.1 Å². The summed E-state index contributed by atoms with van der Waals surface area (Å²) < 4.78 is 13.3. The number of hydrogen-bond acceptors (Lipinski definition) is 1. The zero-order valence-electron chi connectivity index (χ0n) is 7.76. The first kappa shape index (κ1) is 9.01. The summed E-state index contributed by atoms with van der Waals surface area (Å²) in [4.78, 5) is 3.53. The Kier molecular flexibility index (Phi) is 2.12. The molecule has 1 aromatic rings. The van der Waals surface area contributed by atoms with E-state index in [0.29, 0.717) is 5.69 Å². The lowest BCUT2D eigenvalue weighted by Crippen LogP contribution is -2.41. The molecule has 0 aromatic heterocycles. The number of nitrogens with zero attached hydrogens (tertiary/aromatic N) is 1. The van der Waals surface area contributed by atoms with Crippen LogP contribution < -0.4 is 5.32 Å². The van der Waals surface area contributed by atoms with Gasteiger partial charge in [0.15, 0.2) is 0 Å². The van der Waals surface area contributed by atoms with Gasteiger partial charge in [0.25, 0.3) is 0 Å². The minimum Gasteiger partial charge on any atom is -0.312 e. The van der Waals surface area contributed by atoms with Crippen LogP contribution >= 0.6 is 0 Å². The maximum atomic E-state index is 13.3. The molecule has 2 rings (SSSR count). The molecule has 1 aliphatic rings. The average Bonchev–Trinajstić information content (AvgIpc) is 2.14. The van der Waals surface area contributed by atoms with Crippen LogP contribution in [-0.4, -0.2) is 5.66 Å². The highest BCUT2D eigenvalue weighted by molar-refractivity contribution is 5.48. The zero-order chi connectivity index (χ0) is 10.0. The summed E-state index contributed by atoms with van der Waals surface area (Å²) in [7, 11) is 0. The first-order valence-corrected chi connectivity index (χ1v) is 4.67. The number of anilines is 1. The zero-order valence-corrected chi connectivity index (χ0v) is 7.76. The van der Waals surface area contributed by atoms with Crippen LogP contribution in [0.25, 0.3) is 4.85 Å². The molecule has 0 aliphatic heterocycles. The van der Waals surface area contributed by atoms with Crippen molar-refractivity contribution in [1.29, 1.82) is 0 Å². The molecule has 1 fully saturated rings. The highest BCUT2D eigenvalue weighted by Crippen LogP contribution is 2.36. The summed E-state index contributed by atoms with van der Waals surface area (Å²) in [5.74, 6) is -0.289. The Hall–Kier alpha value is -1.56. The predicted octanol–water partition coefficient (Wildman–Crippen LogP) is 3.04. The summed E-state index contributed by atoms with van der Waals surface area (Å²) in [5, 5.41) is 2.98. The predicted molar refractivity (Wildman–Crippen MR) is 53.2 cm³/mol. The SMILES string of the molecule is [C-]#[N+]C1(Nc2ccccc2F)CCC1. The van der Waals surface area contributed by atoms with E-state index >= 15 is 0 Å². The number of para-hydroxylation sites is 1. The van der Waals surface area contributed by atoms with Gasteiger partial charge >= 0.3 is 5.66 Å². The van der Waals surface area contributed by atoms with Gasteiger partial charge in [-0.25, -0.2) is 11.0 Å². The van der Waals surface area contributed by atoms with Crippen molar-refractivity contribution in [3.05, 3.63) is 41.5 Å². The summed E-state index contributed by atoms with van der Waals surface area (Å²) in [6.07, 6.45) is 2.67. The molecule has 0 amide bonds. The number of nitrogens with one attached hydrogen (secondary N) is 1. The van der Waals surface area contributed by atoms with Crippen LogP contribution in [-0.2, 0) is 0 Å². The van der Waals surface area contributed by atoms with Gasteiger partial charge in [-0.2, -0.15) is 0 Å². The monoisotopic (exact) mass is 190 g/mol. The fourth-order valence-corrected chi connectivity index (χ4v) is 1.59. The van der Waals surface area contributed by atoms with Gasteiger partial charge in [-0.05, 0) is 18.6 Å². The molecule has 0 bridgehead atoms. The third-order valence-electron chi connectivity index (χ3n) is 2.64. The minimum atomic E-state index is -0.539. The molecule has 72 valence electrons. The first-order chi connectivity index (χ1) is 6.76. The Bertz CT molecular complexity index is 377. The quantitative estimate of drug-likeness (QED) is 0.709. The van der Waals surface area contributed by atoms with Gasteiger partial charge in [-0.3, -0.25) is 4.85 Å². The van der Waals surface area contributed by atoms with Crippen molar-refractivity contribution in [2.24, 2.45) is 0 Å². The van der Waals surface area contributed by atoms with E-state index in [0.717, 1.165) is 19.3 Å². The molecule has 0 heterocycles. The van der Waals surface area contributed by atoms with E-state index in [4.69, 9.17) is 6.57 Å². The van der Waals surface area contributed by atoms with Gasteiger partial charge in [-0.15, -0.1) is 0 Å². The molecular weight excluding hydrogens is 179 g/mol. The maximum absolute atomic E-state index is 13.3. The third kappa shape index (κ3) is 1.44. The van der Waals surface area contributed by atoms with Gasteiger partial charge in [0.05, 0.1) is 5.69 Å². The van der Waals surface area contributed by atoms with E-state index in [9.17, 15) is 4.39 Å². The van der Waals surface area contributed by atoms with E-state index in [-0.39, 0.29) is 5.82 Å². The molecule has 3 heteroatoms. The molecule has 1 saturated carbocycles. The number of hydrogen-bond donors (Lipinski definition) is 1. The smallest absolute Gasteiger partial charge is 0.305 e. The second kappa shape index (κ2) is 3.30. The highest BCUT2D eigenvalue weighted by atomic mass is 19.1. The molecule has 2 nitrogen and oxygen atoms in total. The van der Waals surface area contributed by atoms with Crippen LogP contribution in [0.2, 0.25) is 0 Å². The largest absolute Gasteiger partial charge is 0.312 e. The lowest BCUT2D eigenvalue weighted by Gasteiger charge is -2.31. The third-order valence-corrected chi connectivity index (χ3v) is 2.64. The van der Waals surface area contributed by atoms with Crippen molar-refractivity contribution in [1.82, 2.24) is 0 Å². The van der Waals surface area contributed by atoms with Gasteiger partial charge < -0.3 is 5.32 Å². The van der Waals surface area contributed by atoms with Gasteiger partial charge in [-0.1, -0.05) is 12.1 Å². The van der Waals surface area contributed by atoms with E-state index in [2.05, 4.69) is 10.2 Å². The Morgan fingerprint density at radius 2 is 2.07 bits per heavy atom. The summed E-state index contributed by atoms with van der Waals surface area (Å²) in [6.45, 7) is 7.07. The van der Waals surface area contributed by atoms with Crippen LogP contribution in [0.15, 0.2) is 24.3 Å². The molecule has 0 saturated heterocycles. The number of halogens is 1. The molecule has 0 unspecified atom stereocenters. The molecule has 14 heavy (non-hydrogen) atoms.